The number of hydrogen-bond acceptors (Lipinski definition) is 6. The molecule has 0 saturated carbocycles. The van der Waals surface area contributed by atoms with Gasteiger partial charge in [0, 0.05) is 23.8 Å². The predicted molar refractivity (Wildman–Crippen MR) is 119 cm³/mol. The molecule has 0 N–H and O–H groups in total. The van der Waals surface area contributed by atoms with Crippen molar-refractivity contribution >= 4 is 23.4 Å². The number of amides is 1. The minimum Gasteiger partial charge on any atom is -0.447 e. The number of fused-ring (bicyclic) bond motifs is 3. The number of nitrogens with zero attached hydrogens (tertiary/aromatic N) is 4. The zero-order valence-electron chi connectivity index (χ0n) is 18.1. The molecule has 1 atom stereocenters. The molecule has 1 aliphatic rings. The van der Waals surface area contributed by atoms with E-state index < -0.39 is 18.0 Å². The van der Waals surface area contributed by atoms with Crippen LogP contribution >= 0.6 is 11.8 Å². The third-order valence-electron chi connectivity index (χ3n) is 4.92. The van der Waals surface area contributed by atoms with Crippen molar-refractivity contribution in [3.8, 4) is 17.1 Å². The molecule has 1 unspecified atom stereocenters. The van der Waals surface area contributed by atoms with Crippen LogP contribution in [0.15, 0.2) is 53.7 Å². The fraction of sp³-hybridized carbons (Fsp3) is 0.304. The minimum absolute atomic E-state index is 0.164. The average Bonchev–Trinajstić information content (AvgIpc) is 2.91. The van der Waals surface area contributed by atoms with Gasteiger partial charge in [0.1, 0.15) is 0 Å². The smallest absolute Gasteiger partial charge is 0.416 e. The van der Waals surface area contributed by atoms with Crippen molar-refractivity contribution in [2.75, 3.05) is 10.7 Å². The van der Waals surface area contributed by atoms with Crippen LogP contribution in [-0.4, -0.2) is 26.8 Å². The van der Waals surface area contributed by atoms with Gasteiger partial charge in [-0.05, 0) is 24.1 Å². The monoisotopic (exact) mass is 474 g/mol. The van der Waals surface area contributed by atoms with Crippen LogP contribution in [0.2, 0.25) is 0 Å². The van der Waals surface area contributed by atoms with E-state index in [0.29, 0.717) is 33.6 Å². The zero-order chi connectivity index (χ0) is 23.8. The number of benzene rings is 2. The third kappa shape index (κ3) is 4.80. The summed E-state index contributed by atoms with van der Waals surface area (Å²) in [5, 5.41) is 8.94. The maximum atomic E-state index is 13.1. The highest BCUT2D eigenvalue weighted by Gasteiger charge is 2.36. The topological polar surface area (TPSA) is 68.2 Å². The second-order valence-electron chi connectivity index (χ2n) is 7.95. The van der Waals surface area contributed by atoms with E-state index in [2.05, 4.69) is 29.0 Å². The molecule has 6 nitrogen and oxygen atoms in total. The molecule has 0 bridgehead atoms. The summed E-state index contributed by atoms with van der Waals surface area (Å²) in [6, 6.07) is 11.6. The maximum Gasteiger partial charge on any atom is 0.416 e. The normalized spacial score (nSPS) is 15.5. The Morgan fingerprint density at radius 1 is 1.12 bits per heavy atom. The first-order valence-electron chi connectivity index (χ1n) is 10.3. The molecule has 1 aliphatic heterocycles. The Morgan fingerprint density at radius 3 is 2.45 bits per heavy atom. The van der Waals surface area contributed by atoms with Gasteiger partial charge in [-0.1, -0.05) is 55.9 Å². The van der Waals surface area contributed by atoms with Gasteiger partial charge in [-0.3, -0.25) is 9.69 Å². The molecule has 1 amide bonds. The Balaban J connectivity index is 1.84. The Hall–Kier alpha value is -3.14. The highest BCUT2D eigenvalue weighted by atomic mass is 32.2. The first-order valence-corrected chi connectivity index (χ1v) is 11.2. The van der Waals surface area contributed by atoms with Crippen molar-refractivity contribution in [2.45, 2.75) is 38.3 Å². The molecule has 0 radical (unpaired) electrons. The van der Waals surface area contributed by atoms with Crippen LogP contribution in [-0.2, 0) is 11.0 Å². The Labute approximate surface area is 193 Å². The van der Waals surface area contributed by atoms with Crippen LogP contribution in [0.5, 0.6) is 5.88 Å². The number of para-hydroxylation sites is 1. The van der Waals surface area contributed by atoms with E-state index in [0.717, 1.165) is 17.9 Å². The number of alkyl halides is 3. The second kappa shape index (κ2) is 9.01. The molecule has 3 aromatic rings. The van der Waals surface area contributed by atoms with Gasteiger partial charge in [0.2, 0.25) is 23.2 Å². The second-order valence-corrected chi connectivity index (χ2v) is 8.94. The van der Waals surface area contributed by atoms with Gasteiger partial charge in [0.05, 0.1) is 11.3 Å². The molecule has 33 heavy (non-hydrogen) atoms. The largest absolute Gasteiger partial charge is 0.447 e. The lowest BCUT2D eigenvalue weighted by molar-refractivity contribution is -0.137. The van der Waals surface area contributed by atoms with Gasteiger partial charge >= 0.3 is 6.18 Å². The molecular weight excluding hydrogens is 453 g/mol. The number of halogens is 3. The lowest BCUT2D eigenvalue weighted by atomic mass is 10.1. The first-order chi connectivity index (χ1) is 15.6. The molecule has 4 rings (SSSR count). The predicted octanol–water partition coefficient (Wildman–Crippen LogP) is 5.75. The molecule has 0 saturated heterocycles. The number of carbonyl (C=O) groups excluding carboxylic acids is 1. The highest BCUT2D eigenvalue weighted by Crippen LogP contribution is 2.43. The van der Waals surface area contributed by atoms with E-state index in [1.54, 1.807) is 24.3 Å². The molecule has 1 aromatic heterocycles. The molecule has 0 aliphatic carbocycles. The summed E-state index contributed by atoms with van der Waals surface area (Å²) < 4.78 is 45.4. The van der Waals surface area contributed by atoms with Crippen LogP contribution in [0.3, 0.4) is 0 Å². The van der Waals surface area contributed by atoms with Crippen LogP contribution in [0.1, 0.15) is 38.1 Å². The van der Waals surface area contributed by atoms with Crippen LogP contribution < -0.4 is 9.64 Å². The fourth-order valence-corrected chi connectivity index (χ4v) is 4.14. The van der Waals surface area contributed by atoms with Crippen molar-refractivity contribution in [2.24, 2.45) is 5.92 Å². The van der Waals surface area contributed by atoms with Gasteiger partial charge in [-0.25, -0.2) is 0 Å². The van der Waals surface area contributed by atoms with Crippen molar-refractivity contribution in [3.05, 3.63) is 59.7 Å². The molecule has 10 heteroatoms. The molecular formula is C23H21F3N4O2S. The van der Waals surface area contributed by atoms with Crippen LogP contribution in [0.4, 0.5) is 18.9 Å². The van der Waals surface area contributed by atoms with Crippen molar-refractivity contribution in [3.63, 3.8) is 0 Å². The Morgan fingerprint density at radius 2 is 1.82 bits per heavy atom. The summed E-state index contributed by atoms with van der Waals surface area (Å²) in [7, 11) is 0. The van der Waals surface area contributed by atoms with E-state index in [9.17, 15) is 18.0 Å². The summed E-state index contributed by atoms with van der Waals surface area (Å²) in [5.74, 6) is 1.01. The first kappa shape index (κ1) is 23.0. The third-order valence-corrected chi connectivity index (χ3v) is 6.18. The summed E-state index contributed by atoms with van der Waals surface area (Å²) in [6.07, 6.45) is -5.51. The molecule has 0 fully saturated rings. The number of carbonyl (C=O) groups is 1. The van der Waals surface area contributed by atoms with Crippen molar-refractivity contribution in [1.82, 2.24) is 15.2 Å². The maximum absolute atomic E-state index is 13.1. The summed E-state index contributed by atoms with van der Waals surface area (Å²) in [5.41, 5.74) is 1.05. The summed E-state index contributed by atoms with van der Waals surface area (Å²) in [6.45, 7) is 5.51. The SMILES string of the molecule is CC(=O)N1c2ccccc2-c2nnc(SCC(C)C)nc2OC1c1ccc(C(F)(F)F)cc1. The van der Waals surface area contributed by atoms with Gasteiger partial charge < -0.3 is 4.74 Å². The standard InChI is InChI=1S/C23H21F3N4O2S/c1-13(2)12-33-22-27-20-19(28-29-22)17-6-4-5-7-18(17)30(14(3)31)21(32-20)15-8-10-16(11-9-15)23(24,25)26/h4-11,13,21H,12H2,1-3H3. The van der Waals surface area contributed by atoms with Crippen LogP contribution in [0.25, 0.3) is 11.3 Å². The highest BCUT2D eigenvalue weighted by molar-refractivity contribution is 7.99. The zero-order valence-corrected chi connectivity index (χ0v) is 18.9. The Bertz CT molecular complexity index is 1170. The van der Waals surface area contributed by atoms with Crippen LogP contribution in [0, 0.1) is 5.92 Å². The van der Waals surface area contributed by atoms with Gasteiger partial charge in [-0.15, -0.1) is 10.2 Å². The van der Waals surface area contributed by atoms with Gasteiger partial charge in [0.15, 0.2) is 5.69 Å². The van der Waals surface area contributed by atoms with E-state index >= 15 is 0 Å². The van der Waals surface area contributed by atoms with Crippen molar-refractivity contribution < 1.29 is 22.7 Å². The summed E-state index contributed by atoms with van der Waals surface area (Å²) >= 11 is 1.43. The van der Waals surface area contributed by atoms with Crippen molar-refractivity contribution in [1.29, 1.82) is 0 Å². The molecule has 0 spiro atoms. The quantitative estimate of drug-likeness (QED) is 0.449. The average molecular weight is 475 g/mol. The van der Waals surface area contributed by atoms with Gasteiger partial charge in [0.25, 0.3) is 0 Å². The van der Waals surface area contributed by atoms with E-state index in [-0.39, 0.29) is 11.8 Å². The number of thioether (sulfide) groups is 1. The lowest BCUT2D eigenvalue weighted by Gasteiger charge is -2.30. The lowest BCUT2D eigenvalue weighted by Crippen LogP contribution is -2.36. The number of anilines is 1. The van der Waals surface area contributed by atoms with E-state index in [4.69, 9.17) is 4.74 Å². The Kier molecular flexibility index (Phi) is 6.29. The number of hydrogen-bond donors (Lipinski definition) is 0. The van der Waals surface area contributed by atoms with E-state index in [1.165, 1.54) is 35.7 Å². The molecule has 2 heterocycles. The molecule has 172 valence electrons. The fourth-order valence-electron chi connectivity index (χ4n) is 3.41. The summed E-state index contributed by atoms with van der Waals surface area (Å²) in [4.78, 5) is 18.6. The van der Waals surface area contributed by atoms with Gasteiger partial charge in [-0.2, -0.15) is 18.2 Å². The minimum atomic E-state index is -4.47. The number of rotatable bonds is 4. The molecule has 2 aromatic carbocycles. The number of ether oxygens (including phenoxy) is 1. The number of aromatic nitrogens is 3. The van der Waals surface area contributed by atoms with E-state index in [1.807, 2.05) is 0 Å².